The van der Waals surface area contributed by atoms with Crippen LogP contribution in [-0.2, 0) is 0 Å². The molecule has 0 aliphatic heterocycles. The Morgan fingerprint density at radius 2 is 1.95 bits per heavy atom. The molecule has 21 heavy (non-hydrogen) atoms. The number of halogens is 1. The zero-order valence-electron chi connectivity index (χ0n) is 12.1. The number of nitrogens with one attached hydrogen (secondary N) is 1. The highest BCUT2D eigenvalue weighted by atomic mass is 79.9. The normalized spacial score (nSPS) is 10.2. The number of nitrogens with zero attached hydrogens (tertiary/aromatic N) is 2. The van der Waals surface area contributed by atoms with Gasteiger partial charge in [0.25, 0.3) is 5.91 Å². The van der Waals surface area contributed by atoms with Gasteiger partial charge in [-0.3, -0.25) is 9.78 Å². The first-order valence-electron chi connectivity index (χ1n) is 6.92. The van der Waals surface area contributed by atoms with Crippen LogP contribution >= 0.6 is 15.9 Å². The van der Waals surface area contributed by atoms with Crippen LogP contribution in [0.2, 0.25) is 0 Å². The standard InChI is InChI=1S/C16H18BrN3O/c1-3-20(4-2)12-9-10-18-15(11-12)16(21)19-14-8-6-5-7-13(14)17/h5-11H,3-4H2,1-2H3,(H,19,21). The molecule has 1 N–H and O–H groups in total. The van der Waals surface area contributed by atoms with Gasteiger partial charge in [-0.15, -0.1) is 0 Å². The molecule has 2 rings (SSSR count). The maximum atomic E-state index is 12.3. The van der Waals surface area contributed by atoms with Crippen molar-refractivity contribution < 1.29 is 4.79 Å². The highest BCUT2D eigenvalue weighted by Gasteiger charge is 2.11. The van der Waals surface area contributed by atoms with E-state index in [2.05, 4.69) is 45.0 Å². The van der Waals surface area contributed by atoms with E-state index >= 15 is 0 Å². The van der Waals surface area contributed by atoms with Crippen LogP contribution in [0.4, 0.5) is 11.4 Å². The average Bonchev–Trinajstić information content (AvgIpc) is 2.51. The molecule has 0 aliphatic carbocycles. The summed E-state index contributed by atoms with van der Waals surface area (Å²) in [7, 11) is 0. The fourth-order valence-corrected chi connectivity index (χ4v) is 2.46. The van der Waals surface area contributed by atoms with Gasteiger partial charge in [0, 0.05) is 29.4 Å². The highest BCUT2D eigenvalue weighted by Crippen LogP contribution is 2.22. The van der Waals surface area contributed by atoms with E-state index in [9.17, 15) is 4.79 Å². The number of benzene rings is 1. The topological polar surface area (TPSA) is 45.2 Å². The Balaban J connectivity index is 2.20. The predicted octanol–water partition coefficient (Wildman–Crippen LogP) is 3.94. The van der Waals surface area contributed by atoms with Gasteiger partial charge < -0.3 is 10.2 Å². The van der Waals surface area contributed by atoms with Gasteiger partial charge in [-0.2, -0.15) is 0 Å². The van der Waals surface area contributed by atoms with Crippen molar-refractivity contribution in [3.8, 4) is 0 Å². The van der Waals surface area contributed by atoms with Crippen LogP contribution in [0.3, 0.4) is 0 Å². The van der Waals surface area contributed by atoms with Gasteiger partial charge in [0.2, 0.25) is 0 Å². The second kappa shape index (κ2) is 7.22. The number of para-hydroxylation sites is 1. The summed E-state index contributed by atoms with van der Waals surface area (Å²) in [5, 5.41) is 2.86. The van der Waals surface area contributed by atoms with Crippen molar-refractivity contribution in [3.63, 3.8) is 0 Å². The molecule has 0 atom stereocenters. The quantitative estimate of drug-likeness (QED) is 0.890. The number of hydrogen-bond acceptors (Lipinski definition) is 3. The maximum Gasteiger partial charge on any atom is 0.274 e. The number of amides is 1. The molecule has 4 nitrogen and oxygen atoms in total. The van der Waals surface area contributed by atoms with Crippen LogP contribution in [0.5, 0.6) is 0 Å². The molecule has 1 aromatic heterocycles. The molecule has 5 heteroatoms. The van der Waals surface area contributed by atoms with Gasteiger partial charge in [0.15, 0.2) is 0 Å². The molecule has 0 aliphatic rings. The van der Waals surface area contributed by atoms with Crippen LogP contribution in [0.15, 0.2) is 47.1 Å². The zero-order valence-corrected chi connectivity index (χ0v) is 13.7. The Labute approximate surface area is 133 Å². The second-order valence-corrected chi connectivity index (χ2v) is 5.36. The fraction of sp³-hybridized carbons (Fsp3) is 0.250. The molecule has 0 saturated heterocycles. The van der Waals surface area contributed by atoms with E-state index in [4.69, 9.17) is 0 Å². The lowest BCUT2D eigenvalue weighted by molar-refractivity contribution is 0.102. The summed E-state index contributed by atoms with van der Waals surface area (Å²) in [5.74, 6) is -0.212. The summed E-state index contributed by atoms with van der Waals surface area (Å²) in [6, 6.07) is 11.2. The van der Waals surface area contributed by atoms with Crippen LogP contribution in [-0.4, -0.2) is 24.0 Å². The molecule has 1 heterocycles. The van der Waals surface area contributed by atoms with Crippen LogP contribution in [0.25, 0.3) is 0 Å². The smallest absolute Gasteiger partial charge is 0.274 e. The van der Waals surface area contributed by atoms with Crippen molar-refractivity contribution in [2.45, 2.75) is 13.8 Å². The van der Waals surface area contributed by atoms with Crippen molar-refractivity contribution in [1.29, 1.82) is 0 Å². The SMILES string of the molecule is CCN(CC)c1ccnc(C(=O)Nc2ccccc2Br)c1. The van der Waals surface area contributed by atoms with E-state index in [0.29, 0.717) is 5.69 Å². The Kier molecular flexibility index (Phi) is 5.33. The van der Waals surface area contributed by atoms with Gasteiger partial charge >= 0.3 is 0 Å². The Morgan fingerprint density at radius 3 is 2.62 bits per heavy atom. The molecule has 0 spiro atoms. The molecule has 0 fully saturated rings. The first kappa shape index (κ1) is 15.5. The van der Waals surface area contributed by atoms with Crippen LogP contribution in [0.1, 0.15) is 24.3 Å². The minimum atomic E-state index is -0.212. The molecule has 2 aromatic rings. The molecular formula is C16H18BrN3O. The van der Waals surface area contributed by atoms with E-state index in [0.717, 1.165) is 28.9 Å². The summed E-state index contributed by atoms with van der Waals surface area (Å²) in [6.45, 7) is 5.97. The lowest BCUT2D eigenvalue weighted by Gasteiger charge is -2.21. The van der Waals surface area contributed by atoms with Gasteiger partial charge in [-0.05, 0) is 54.0 Å². The lowest BCUT2D eigenvalue weighted by Crippen LogP contribution is -2.23. The Hall–Kier alpha value is -1.88. The number of hydrogen-bond donors (Lipinski definition) is 1. The lowest BCUT2D eigenvalue weighted by atomic mass is 10.2. The first-order chi connectivity index (χ1) is 10.2. The zero-order chi connectivity index (χ0) is 15.2. The van der Waals surface area contributed by atoms with E-state index < -0.39 is 0 Å². The Morgan fingerprint density at radius 1 is 1.24 bits per heavy atom. The average molecular weight is 348 g/mol. The predicted molar refractivity (Wildman–Crippen MR) is 89.9 cm³/mol. The van der Waals surface area contributed by atoms with E-state index in [-0.39, 0.29) is 5.91 Å². The van der Waals surface area contributed by atoms with Gasteiger partial charge in [0.1, 0.15) is 5.69 Å². The number of rotatable bonds is 5. The van der Waals surface area contributed by atoms with Crippen molar-refractivity contribution in [3.05, 3.63) is 52.8 Å². The van der Waals surface area contributed by atoms with Crippen molar-refractivity contribution in [2.24, 2.45) is 0 Å². The summed E-state index contributed by atoms with van der Waals surface area (Å²) < 4.78 is 0.846. The summed E-state index contributed by atoms with van der Waals surface area (Å²) >= 11 is 3.41. The minimum Gasteiger partial charge on any atom is -0.372 e. The summed E-state index contributed by atoms with van der Waals surface area (Å²) in [4.78, 5) is 18.6. The number of aromatic nitrogens is 1. The van der Waals surface area contributed by atoms with E-state index in [1.807, 2.05) is 36.4 Å². The molecular weight excluding hydrogens is 330 g/mol. The molecule has 0 bridgehead atoms. The molecule has 0 radical (unpaired) electrons. The van der Waals surface area contributed by atoms with Gasteiger partial charge in [0.05, 0.1) is 5.69 Å². The van der Waals surface area contributed by atoms with Gasteiger partial charge in [-0.25, -0.2) is 0 Å². The first-order valence-corrected chi connectivity index (χ1v) is 7.71. The van der Waals surface area contributed by atoms with E-state index in [1.54, 1.807) is 6.20 Å². The number of pyridine rings is 1. The van der Waals surface area contributed by atoms with Crippen molar-refractivity contribution in [1.82, 2.24) is 4.98 Å². The largest absolute Gasteiger partial charge is 0.372 e. The second-order valence-electron chi connectivity index (χ2n) is 4.51. The fourth-order valence-electron chi connectivity index (χ4n) is 2.08. The highest BCUT2D eigenvalue weighted by molar-refractivity contribution is 9.10. The number of carbonyl (C=O) groups excluding carboxylic acids is 1. The van der Waals surface area contributed by atoms with Crippen molar-refractivity contribution in [2.75, 3.05) is 23.3 Å². The monoisotopic (exact) mass is 347 g/mol. The minimum absolute atomic E-state index is 0.212. The molecule has 0 saturated carbocycles. The molecule has 0 unspecified atom stereocenters. The van der Waals surface area contributed by atoms with Crippen LogP contribution in [0, 0.1) is 0 Å². The third-order valence-electron chi connectivity index (χ3n) is 3.23. The maximum absolute atomic E-state index is 12.3. The Bertz CT molecular complexity index is 626. The van der Waals surface area contributed by atoms with Crippen molar-refractivity contribution >= 4 is 33.2 Å². The molecule has 110 valence electrons. The van der Waals surface area contributed by atoms with E-state index in [1.165, 1.54) is 0 Å². The summed E-state index contributed by atoms with van der Waals surface area (Å²) in [6.07, 6.45) is 1.67. The number of anilines is 2. The van der Waals surface area contributed by atoms with Crippen LogP contribution < -0.4 is 10.2 Å². The van der Waals surface area contributed by atoms with Gasteiger partial charge in [-0.1, -0.05) is 12.1 Å². The molecule has 1 aromatic carbocycles. The number of carbonyl (C=O) groups is 1. The summed E-state index contributed by atoms with van der Waals surface area (Å²) in [5.41, 5.74) is 2.15. The third kappa shape index (κ3) is 3.82. The third-order valence-corrected chi connectivity index (χ3v) is 3.92. The molecule has 1 amide bonds.